The predicted octanol–water partition coefficient (Wildman–Crippen LogP) is 6.33. The van der Waals surface area contributed by atoms with E-state index in [1.54, 1.807) is 0 Å². The maximum absolute atomic E-state index is 13.7. The van der Waals surface area contributed by atoms with Crippen LogP contribution in [0.25, 0.3) is 5.57 Å². The van der Waals surface area contributed by atoms with E-state index in [1.165, 1.54) is 21.6 Å². The van der Waals surface area contributed by atoms with Crippen LogP contribution in [0.4, 0.5) is 5.69 Å². The van der Waals surface area contributed by atoms with Gasteiger partial charge in [0.25, 0.3) is 0 Å². The minimum atomic E-state index is -0.334. The Hall–Kier alpha value is -2.99. The molecular formula is C30H24INO2. The number of para-hydroxylation sites is 1. The van der Waals surface area contributed by atoms with Gasteiger partial charge in [-0.2, -0.15) is 0 Å². The average molecular weight is 557 g/mol. The molecule has 3 aromatic carbocycles. The molecule has 3 nitrogen and oxygen atoms in total. The number of aryl methyl sites for hydroxylation is 2. The summed E-state index contributed by atoms with van der Waals surface area (Å²) in [5, 5.41) is 0. The van der Waals surface area contributed by atoms with E-state index >= 15 is 0 Å². The highest BCUT2D eigenvalue weighted by Gasteiger charge is 2.62. The number of nitrogens with zero attached hydrogens (tertiary/aromatic N) is 1. The van der Waals surface area contributed by atoms with Gasteiger partial charge in [0, 0.05) is 15.4 Å². The summed E-state index contributed by atoms with van der Waals surface area (Å²) in [6, 6.07) is 24.8. The minimum absolute atomic E-state index is 0.0598. The zero-order valence-electron chi connectivity index (χ0n) is 19.0. The monoisotopic (exact) mass is 557 g/mol. The van der Waals surface area contributed by atoms with Gasteiger partial charge >= 0.3 is 0 Å². The molecule has 1 heterocycles. The Labute approximate surface area is 213 Å². The first-order valence-corrected chi connectivity index (χ1v) is 12.7. The number of benzene rings is 3. The molecule has 3 aliphatic rings. The van der Waals surface area contributed by atoms with Gasteiger partial charge in [-0.1, -0.05) is 83.9 Å². The van der Waals surface area contributed by atoms with Crippen LogP contribution in [-0.2, 0) is 9.59 Å². The van der Waals surface area contributed by atoms with E-state index in [1.807, 2.05) is 24.3 Å². The van der Waals surface area contributed by atoms with E-state index in [9.17, 15) is 9.59 Å². The second-order valence-corrected chi connectivity index (χ2v) is 10.7. The summed E-state index contributed by atoms with van der Waals surface area (Å²) in [5.41, 5.74) is 7.77. The average Bonchev–Trinajstić information content (AvgIpc) is 3.46. The van der Waals surface area contributed by atoms with Crippen LogP contribution in [0, 0.1) is 41.1 Å². The lowest BCUT2D eigenvalue weighted by Gasteiger charge is -2.22. The Morgan fingerprint density at radius 2 is 1.18 bits per heavy atom. The van der Waals surface area contributed by atoms with Crippen LogP contribution < -0.4 is 4.90 Å². The molecule has 2 aliphatic carbocycles. The molecule has 0 aromatic heterocycles. The van der Waals surface area contributed by atoms with E-state index < -0.39 is 0 Å². The van der Waals surface area contributed by atoms with E-state index in [4.69, 9.17) is 0 Å². The number of hydrogen-bond acceptors (Lipinski definition) is 2. The summed E-state index contributed by atoms with van der Waals surface area (Å²) >= 11 is 2.20. The lowest BCUT2D eigenvalue weighted by atomic mass is 9.85. The Bertz CT molecular complexity index is 1300. The summed E-state index contributed by atoms with van der Waals surface area (Å²) in [7, 11) is 0. The number of halogens is 1. The summed E-state index contributed by atoms with van der Waals surface area (Å²) in [4.78, 5) is 28.9. The maximum atomic E-state index is 13.7. The van der Waals surface area contributed by atoms with Gasteiger partial charge in [0.05, 0.1) is 17.5 Å². The molecule has 0 radical (unpaired) electrons. The zero-order valence-corrected chi connectivity index (χ0v) is 21.2. The second kappa shape index (κ2) is 8.05. The van der Waals surface area contributed by atoms with Crippen molar-refractivity contribution in [3.8, 4) is 0 Å². The quantitative estimate of drug-likeness (QED) is 0.215. The number of fused-ring (bicyclic) bond motifs is 5. The maximum Gasteiger partial charge on any atom is 0.238 e. The van der Waals surface area contributed by atoms with Crippen LogP contribution in [0.1, 0.15) is 22.3 Å². The number of carbonyl (C=O) groups is 2. The van der Waals surface area contributed by atoms with Gasteiger partial charge in [-0.3, -0.25) is 9.59 Å². The van der Waals surface area contributed by atoms with Crippen LogP contribution in [-0.4, -0.2) is 11.8 Å². The number of amides is 2. The predicted molar refractivity (Wildman–Crippen MR) is 143 cm³/mol. The van der Waals surface area contributed by atoms with Crippen molar-refractivity contribution < 1.29 is 9.59 Å². The van der Waals surface area contributed by atoms with Crippen LogP contribution in [0.3, 0.4) is 0 Å². The number of rotatable bonds is 3. The molecule has 1 saturated heterocycles. The molecule has 0 unspecified atom stereocenters. The van der Waals surface area contributed by atoms with Crippen LogP contribution in [0.5, 0.6) is 0 Å². The fourth-order valence-electron chi connectivity index (χ4n) is 5.91. The van der Waals surface area contributed by atoms with Crippen molar-refractivity contribution in [2.45, 2.75) is 13.8 Å². The number of anilines is 1. The molecule has 4 heteroatoms. The van der Waals surface area contributed by atoms with Crippen molar-refractivity contribution in [3.63, 3.8) is 0 Å². The molecule has 1 saturated carbocycles. The van der Waals surface area contributed by atoms with Gasteiger partial charge in [0.2, 0.25) is 11.8 Å². The van der Waals surface area contributed by atoms with Crippen LogP contribution >= 0.6 is 22.6 Å². The van der Waals surface area contributed by atoms with Gasteiger partial charge in [-0.15, -0.1) is 0 Å². The highest BCUT2D eigenvalue weighted by Crippen LogP contribution is 2.59. The van der Waals surface area contributed by atoms with E-state index in [0.717, 1.165) is 20.3 Å². The van der Waals surface area contributed by atoms with Crippen molar-refractivity contribution >= 4 is 45.7 Å². The third kappa shape index (κ3) is 3.15. The Morgan fingerprint density at radius 1 is 0.706 bits per heavy atom. The molecule has 2 amide bonds. The number of carbonyl (C=O) groups excluding carboxylic acids is 2. The molecule has 2 bridgehead atoms. The molecule has 1 aliphatic heterocycles. The molecule has 2 fully saturated rings. The zero-order chi connectivity index (χ0) is 23.6. The van der Waals surface area contributed by atoms with Crippen molar-refractivity contribution in [2.75, 3.05) is 4.90 Å². The number of imide groups is 1. The standard InChI is InChI=1S/C30H24INO2/c1-17-7-11-19(12-8-17)25(20-13-9-18(2)10-14-20)26-21-15-16-22(26)28-27(21)29(33)32(30(28)34)24-6-4-3-5-23(24)31/h3-16,21-22,27-28H,1-2H3/t21-,22-,27-,28-/m1/s1. The molecule has 34 heavy (non-hydrogen) atoms. The van der Waals surface area contributed by atoms with Crippen molar-refractivity contribution in [3.05, 3.63) is 116 Å². The smallest absolute Gasteiger partial charge is 0.238 e. The van der Waals surface area contributed by atoms with Gasteiger partial charge in [0.1, 0.15) is 0 Å². The number of hydrogen-bond donors (Lipinski definition) is 0. The van der Waals surface area contributed by atoms with Crippen LogP contribution in [0.2, 0.25) is 0 Å². The highest BCUT2D eigenvalue weighted by molar-refractivity contribution is 14.1. The molecule has 0 spiro atoms. The lowest BCUT2D eigenvalue weighted by Crippen LogP contribution is -2.33. The number of allylic oxidation sites excluding steroid dienone is 3. The topological polar surface area (TPSA) is 37.4 Å². The van der Waals surface area contributed by atoms with Crippen LogP contribution in [0.15, 0.2) is 90.5 Å². The molecule has 0 N–H and O–H groups in total. The summed E-state index contributed by atoms with van der Waals surface area (Å²) in [6.45, 7) is 4.18. The first-order valence-electron chi connectivity index (χ1n) is 11.6. The van der Waals surface area contributed by atoms with E-state index in [-0.39, 0.29) is 35.5 Å². The van der Waals surface area contributed by atoms with Crippen molar-refractivity contribution in [1.29, 1.82) is 0 Å². The molecule has 168 valence electrons. The van der Waals surface area contributed by atoms with E-state index in [0.29, 0.717) is 5.69 Å². The van der Waals surface area contributed by atoms with Gasteiger partial charge in [-0.05, 0) is 70.8 Å². The Balaban J connectivity index is 1.50. The largest absolute Gasteiger partial charge is 0.274 e. The fraction of sp³-hybridized carbons (Fsp3) is 0.200. The Kier molecular flexibility index (Phi) is 5.10. The fourth-order valence-corrected chi connectivity index (χ4v) is 6.54. The van der Waals surface area contributed by atoms with Gasteiger partial charge in [0.15, 0.2) is 0 Å². The van der Waals surface area contributed by atoms with Gasteiger partial charge in [-0.25, -0.2) is 4.90 Å². The van der Waals surface area contributed by atoms with Crippen molar-refractivity contribution in [2.24, 2.45) is 23.7 Å². The molecule has 6 rings (SSSR count). The minimum Gasteiger partial charge on any atom is -0.274 e. The third-order valence-electron chi connectivity index (χ3n) is 7.48. The van der Waals surface area contributed by atoms with E-state index in [2.05, 4.69) is 97.1 Å². The van der Waals surface area contributed by atoms with Crippen molar-refractivity contribution in [1.82, 2.24) is 0 Å². The summed E-state index contributed by atoms with van der Waals surface area (Å²) in [6.07, 6.45) is 4.32. The second-order valence-electron chi connectivity index (χ2n) is 9.51. The molecular weight excluding hydrogens is 533 g/mol. The first-order chi connectivity index (χ1) is 16.5. The Morgan fingerprint density at radius 3 is 1.65 bits per heavy atom. The SMILES string of the molecule is Cc1ccc(C(=C2[C@H]3C=C[C@H]2[C@H]2C(=O)N(c4ccccc4I)C(=O)[C@@H]23)c2ccc(C)cc2)cc1. The highest BCUT2D eigenvalue weighted by atomic mass is 127. The third-order valence-corrected chi connectivity index (χ3v) is 8.39. The lowest BCUT2D eigenvalue weighted by molar-refractivity contribution is -0.122. The summed E-state index contributed by atoms with van der Waals surface area (Å²) < 4.78 is 0.915. The molecule has 3 aromatic rings. The van der Waals surface area contributed by atoms with Gasteiger partial charge < -0.3 is 0 Å². The molecule has 4 atom stereocenters. The normalized spacial score (nSPS) is 24.8. The summed E-state index contributed by atoms with van der Waals surface area (Å²) in [5.74, 6) is -0.925. The first kappa shape index (κ1) is 21.5.